The van der Waals surface area contributed by atoms with Crippen molar-refractivity contribution in [1.82, 2.24) is 0 Å². The fraction of sp³-hybridized carbons (Fsp3) is 0.286. The molecule has 1 heterocycles. The third kappa shape index (κ3) is 1.18. The Morgan fingerprint density at radius 3 is 2.18 bits per heavy atom. The van der Waals surface area contributed by atoms with Crippen molar-refractivity contribution in [3.8, 4) is 0 Å². The van der Waals surface area contributed by atoms with Crippen LogP contribution in [0, 0.1) is 0 Å². The van der Waals surface area contributed by atoms with Crippen molar-refractivity contribution < 1.29 is 19.4 Å². The standard InChI is InChI=1S/C7H8O4/c1-3-7(4-2)10-6(11-7)5(8)9/h3-4,6H,1-2H2,(H,8,9). The van der Waals surface area contributed by atoms with Crippen molar-refractivity contribution in [1.29, 1.82) is 0 Å². The smallest absolute Gasteiger partial charge is 0.361 e. The van der Waals surface area contributed by atoms with Crippen molar-refractivity contribution >= 4 is 5.97 Å². The molecule has 0 bridgehead atoms. The van der Waals surface area contributed by atoms with E-state index in [2.05, 4.69) is 13.2 Å². The lowest BCUT2D eigenvalue weighted by Crippen LogP contribution is -2.54. The van der Waals surface area contributed by atoms with Crippen LogP contribution >= 0.6 is 0 Å². The SMILES string of the molecule is C=CC1(C=C)OC(C(=O)O)O1. The van der Waals surface area contributed by atoms with E-state index in [0.29, 0.717) is 0 Å². The van der Waals surface area contributed by atoms with Gasteiger partial charge in [0, 0.05) is 0 Å². The molecular formula is C7H8O4. The summed E-state index contributed by atoms with van der Waals surface area (Å²) in [6, 6.07) is 0. The summed E-state index contributed by atoms with van der Waals surface area (Å²) in [5, 5.41) is 8.34. The molecular weight excluding hydrogens is 148 g/mol. The van der Waals surface area contributed by atoms with E-state index in [0.717, 1.165) is 0 Å². The van der Waals surface area contributed by atoms with Crippen LogP contribution in [0.1, 0.15) is 0 Å². The zero-order valence-corrected chi connectivity index (χ0v) is 5.82. The molecule has 0 radical (unpaired) electrons. The van der Waals surface area contributed by atoms with E-state index in [1.165, 1.54) is 12.2 Å². The molecule has 1 aliphatic heterocycles. The molecule has 0 spiro atoms. The van der Waals surface area contributed by atoms with Crippen molar-refractivity contribution in [3.05, 3.63) is 25.3 Å². The number of hydrogen-bond donors (Lipinski definition) is 1. The molecule has 0 saturated carbocycles. The fourth-order valence-corrected chi connectivity index (χ4v) is 0.720. The van der Waals surface area contributed by atoms with Gasteiger partial charge in [0.25, 0.3) is 6.29 Å². The Bertz CT molecular complexity index is 192. The third-order valence-electron chi connectivity index (χ3n) is 1.35. The molecule has 0 aromatic heterocycles. The minimum absolute atomic E-state index is 1.09. The van der Waals surface area contributed by atoms with Crippen LogP contribution in [-0.4, -0.2) is 23.2 Å². The van der Waals surface area contributed by atoms with Crippen LogP contribution in [0.2, 0.25) is 0 Å². The minimum atomic E-state index is -1.19. The molecule has 0 unspecified atom stereocenters. The minimum Gasteiger partial charge on any atom is -0.477 e. The molecule has 1 fully saturated rings. The third-order valence-corrected chi connectivity index (χ3v) is 1.35. The maximum Gasteiger partial charge on any atom is 0.361 e. The maximum absolute atomic E-state index is 10.2. The van der Waals surface area contributed by atoms with Crippen LogP contribution in [0.15, 0.2) is 25.3 Å². The average Bonchev–Trinajstić information content (AvgIpc) is 1.87. The summed E-state index contributed by atoms with van der Waals surface area (Å²) in [5.74, 6) is -2.24. The van der Waals surface area contributed by atoms with E-state index < -0.39 is 18.0 Å². The topological polar surface area (TPSA) is 55.8 Å². The molecule has 1 saturated heterocycles. The first-order valence-corrected chi connectivity index (χ1v) is 2.99. The lowest BCUT2D eigenvalue weighted by atomic mass is 10.2. The van der Waals surface area contributed by atoms with Gasteiger partial charge < -0.3 is 14.6 Å². The van der Waals surface area contributed by atoms with Gasteiger partial charge in [-0.3, -0.25) is 0 Å². The van der Waals surface area contributed by atoms with Crippen LogP contribution in [-0.2, 0) is 14.3 Å². The summed E-state index contributed by atoms with van der Waals surface area (Å²) < 4.78 is 9.66. The maximum atomic E-state index is 10.2. The molecule has 0 aliphatic carbocycles. The first kappa shape index (κ1) is 7.97. The summed E-state index contributed by atoms with van der Waals surface area (Å²) >= 11 is 0. The highest BCUT2D eigenvalue weighted by molar-refractivity contribution is 5.71. The average molecular weight is 156 g/mol. The number of aliphatic carboxylic acids is 1. The van der Waals surface area contributed by atoms with E-state index in [1.54, 1.807) is 0 Å². The second kappa shape index (κ2) is 2.48. The van der Waals surface area contributed by atoms with Gasteiger partial charge in [-0.25, -0.2) is 4.79 Å². The molecule has 1 aliphatic rings. The summed E-state index contributed by atoms with van der Waals surface area (Å²) in [6.45, 7) is 6.81. The predicted octanol–water partition coefficient (Wildman–Crippen LogP) is 0.512. The van der Waals surface area contributed by atoms with Crippen molar-refractivity contribution in [2.24, 2.45) is 0 Å². The van der Waals surface area contributed by atoms with Crippen LogP contribution in [0.5, 0.6) is 0 Å². The zero-order chi connectivity index (χ0) is 8.48. The summed E-state index contributed by atoms with van der Waals surface area (Å²) in [5.41, 5.74) is 0. The monoisotopic (exact) mass is 156 g/mol. The molecule has 0 aromatic rings. The number of hydrogen-bond acceptors (Lipinski definition) is 3. The molecule has 4 nitrogen and oxygen atoms in total. The Morgan fingerprint density at radius 2 is 1.91 bits per heavy atom. The lowest BCUT2D eigenvalue weighted by Gasteiger charge is -2.40. The van der Waals surface area contributed by atoms with E-state index in [-0.39, 0.29) is 0 Å². The van der Waals surface area contributed by atoms with E-state index in [4.69, 9.17) is 14.6 Å². The first-order chi connectivity index (χ1) is 5.13. The quantitative estimate of drug-likeness (QED) is 0.605. The van der Waals surface area contributed by atoms with Crippen molar-refractivity contribution in [2.75, 3.05) is 0 Å². The molecule has 4 heteroatoms. The second-order valence-electron chi connectivity index (χ2n) is 2.04. The Hall–Kier alpha value is -1.13. The Kier molecular flexibility index (Phi) is 1.80. The van der Waals surface area contributed by atoms with Crippen molar-refractivity contribution in [2.45, 2.75) is 12.1 Å². The van der Waals surface area contributed by atoms with Crippen LogP contribution in [0.4, 0.5) is 0 Å². The van der Waals surface area contributed by atoms with E-state index >= 15 is 0 Å². The van der Waals surface area contributed by atoms with Gasteiger partial charge in [0.05, 0.1) is 0 Å². The number of carbonyl (C=O) groups is 1. The van der Waals surface area contributed by atoms with Gasteiger partial charge in [0.15, 0.2) is 0 Å². The largest absolute Gasteiger partial charge is 0.477 e. The summed E-state index contributed by atoms with van der Waals surface area (Å²) in [4.78, 5) is 10.2. The van der Waals surface area contributed by atoms with Crippen LogP contribution < -0.4 is 0 Å². The predicted molar refractivity (Wildman–Crippen MR) is 36.7 cm³/mol. The Balaban J connectivity index is 2.54. The zero-order valence-electron chi connectivity index (χ0n) is 5.82. The van der Waals surface area contributed by atoms with Gasteiger partial charge in [0.1, 0.15) is 0 Å². The summed E-state index contributed by atoms with van der Waals surface area (Å²) in [6.07, 6.45) is 1.50. The van der Waals surface area contributed by atoms with Gasteiger partial charge in [0.2, 0.25) is 5.79 Å². The van der Waals surface area contributed by atoms with Crippen LogP contribution in [0.25, 0.3) is 0 Å². The van der Waals surface area contributed by atoms with E-state index in [9.17, 15) is 4.79 Å². The lowest BCUT2D eigenvalue weighted by molar-refractivity contribution is -0.393. The summed E-state index contributed by atoms with van der Waals surface area (Å²) in [7, 11) is 0. The molecule has 11 heavy (non-hydrogen) atoms. The Morgan fingerprint density at radius 1 is 1.45 bits per heavy atom. The number of carboxylic acids is 1. The number of rotatable bonds is 3. The second-order valence-corrected chi connectivity index (χ2v) is 2.04. The molecule has 0 atom stereocenters. The van der Waals surface area contributed by atoms with E-state index in [1.807, 2.05) is 0 Å². The highest BCUT2D eigenvalue weighted by atomic mass is 16.9. The van der Waals surface area contributed by atoms with Crippen molar-refractivity contribution in [3.63, 3.8) is 0 Å². The number of carboxylic acid groups (broad SMARTS) is 1. The van der Waals surface area contributed by atoms with Gasteiger partial charge in [-0.15, -0.1) is 0 Å². The molecule has 1 rings (SSSR count). The van der Waals surface area contributed by atoms with Gasteiger partial charge >= 0.3 is 5.97 Å². The molecule has 60 valence electrons. The van der Waals surface area contributed by atoms with Gasteiger partial charge in [-0.05, 0) is 12.2 Å². The molecule has 1 N–H and O–H groups in total. The van der Waals surface area contributed by atoms with Gasteiger partial charge in [-0.2, -0.15) is 0 Å². The van der Waals surface area contributed by atoms with Crippen LogP contribution in [0.3, 0.4) is 0 Å². The Labute approximate surface area is 63.7 Å². The van der Waals surface area contributed by atoms with Gasteiger partial charge in [-0.1, -0.05) is 13.2 Å². The molecule has 0 amide bonds. The first-order valence-electron chi connectivity index (χ1n) is 2.99. The number of ether oxygens (including phenoxy) is 2. The molecule has 0 aromatic carbocycles. The normalized spacial score (nSPS) is 21.8. The fourth-order valence-electron chi connectivity index (χ4n) is 0.720. The highest BCUT2D eigenvalue weighted by Crippen LogP contribution is 2.31. The highest BCUT2D eigenvalue weighted by Gasteiger charge is 2.46.